The van der Waals surface area contributed by atoms with Crippen molar-refractivity contribution in [1.82, 2.24) is 19.7 Å². The molecule has 0 unspecified atom stereocenters. The number of carbonyl (C=O) groups excluding carboxylic acids is 1. The summed E-state index contributed by atoms with van der Waals surface area (Å²) in [5, 5.41) is 15.4. The molecule has 2 fully saturated rings. The lowest BCUT2D eigenvalue weighted by atomic mass is 9.75. The molecule has 2 aromatic rings. The maximum Gasteiger partial charge on any atom is 0.295 e. The van der Waals surface area contributed by atoms with E-state index in [4.69, 9.17) is 0 Å². The molecule has 1 aromatic heterocycles. The molecular formula is C18H21N5O3. The van der Waals surface area contributed by atoms with Gasteiger partial charge in [-0.15, -0.1) is 0 Å². The summed E-state index contributed by atoms with van der Waals surface area (Å²) in [6, 6.07) is 4.55. The van der Waals surface area contributed by atoms with Crippen molar-refractivity contribution in [2.24, 2.45) is 11.8 Å². The molecule has 2 atom stereocenters. The predicted molar refractivity (Wildman–Crippen MR) is 94.0 cm³/mol. The molecule has 1 aliphatic heterocycles. The molecule has 2 heterocycles. The number of amides is 1. The molecule has 0 N–H and O–H groups in total. The van der Waals surface area contributed by atoms with Crippen LogP contribution in [0.5, 0.6) is 0 Å². The van der Waals surface area contributed by atoms with Crippen LogP contribution in [0.4, 0.5) is 5.69 Å². The summed E-state index contributed by atoms with van der Waals surface area (Å²) in [6.45, 7) is 1.50. The van der Waals surface area contributed by atoms with Gasteiger partial charge in [-0.25, -0.2) is 9.67 Å². The van der Waals surface area contributed by atoms with Crippen LogP contribution in [-0.4, -0.2) is 43.6 Å². The molecule has 4 rings (SSSR count). The summed E-state index contributed by atoms with van der Waals surface area (Å²) in [6.07, 6.45) is 8.74. The Kier molecular flexibility index (Phi) is 4.40. The number of aromatic nitrogens is 3. The molecule has 1 amide bonds. The van der Waals surface area contributed by atoms with Crippen molar-refractivity contribution in [3.63, 3.8) is 0 Å². The van der Waals surface area contributed by atoms with E-state index < -0.39 is 4.92 Å². The van der Waals surface area contributed by atoms with Gasteiger partial charge in [-0.2, -0.15) is 5.10 Å². The first-order valence-corrected chi connectivity index (χ1v) is 9.06. The summed E-state index contributed by atoms with van der Waals surface area (Å²) >= 11 is 0. The van der Waals surface area contributed by atoms with Gasteiger partial charge in [0.1, 0.15) is 18.3 Å². The third kappa shape index (κ3) is 3.07. The monoisotopic (exact) mass is 355 g/mol. The van der Waals surface area contributed by atoms with Gasteiger partial charge in [-0.05, 0) is 36.8 Å². The van der Waals surface area contributed by atoms with Crippen molar-refractivity contribution >= 4 is 11.6 Å². The summed E-state index contributed by atoms with van der Waals surface area (Å²) in [5.41, 5.74) is 0.513. The number of hydrogen-bond donors (Lipinski definition) is 0. The Morgan fingerprint density at radius 1 is 1.19 bits per heavy atom. The first kappa shape index (κ1) is 16.7. The summed E-state index contributed by atoms with van der Waals surface area (Å²) in [7, 11) is 0. The Bertz CT molecular complexity index is 820. The van der Waals surface area contributed by atoms with E-state index in [1.165, 1.54) is 49.1 Å². The minimum Gasteiger partial charge on any atom is -0.338 e. The van der Waals surface area contributed by atoms with Crippen LogP contribution >= 0.6 is 0 Å². The van der Waals surface area contributed by atoms with E-state index in [2.05, 4.69) is 10.1 Å². The van der Waals surface area contributed by atoms with Crippen LogP contribution < -0.4 is 0 Å². The fourth-order valence-corrected chi connectivity index (χ4v) is 4.30. The molecule has 0 bridgehead atoms. The van der Waals surface area contributed by atoms with Crippen LogP contribution in [0, 0.1) is 22.0 Å². The lowest BCUT2D eigenvalue weighted by Crippen LogP contribution is -2.44. The van der Waals surface area contributed by atoms with Gasteiger partial charge in [0.25, 0.3) is 11.6 Å². The third-order valence-electron chi connectivity index (χ3n) is 5.66. The summed E-state index contributed by atoms with van der Waals surface area (Å²) < 4.78 is 1.33. The highest BCUT2D eigenvalue weighted by Gasteiger charge is 2.33. The Balaban J connectivity index is 1.58. The standard InChI is InChI=1S/C18H21N5O3/c24-18(21-8-7-13-3-1-2-4-15(13)10-21)14-5-6-16(17(9-14)23(25)26)22-12-19-11-20-22/h5-6,9,11-13,15H,1-4,7-8,10H2/t13-,15+/m0/s1. The smallest absolute Gasteiger partial charge is 0.295 e. The van der Waals surface area contributed by atoms with E-state index in [1.54, 1.807) is 12.1 Å². The van der Waals surface area contributed by atoms with Gasteiger partial charge in [0.2, 0.25) is 0 Å². The van der Waals surface area contributed by atoms with Gasteiger partial charge in [-0.3, -0.25) is 14.9 Å². The minimum absolute atomic E-state index is 0.123. The van der Waals surface area contributed by atoms with Gasteiger partial charge < -0.3 is 4.90 Å². The van der Waals surface area contributed by atoms with E-state index in [0.717, 1.165) is 25.4 Å². The molecule has 1 aromatic carbocycles. The summed E-state index contributed by atoms with van der Waals surface area (Å²) in [5.74, 6) is 1.19. The lowest BCUT2D eigenvalue weighted by Gasteiger charge is -2.41. The number of nitro groups is 1. The zero-order valence-corrected chi connectivity index (χ0v) is 14.5. The first-order chi connectivity index (χ1) is 12.6. The SMILES string of the molecule is O=C(c1ccc(-n2cncn2)c([N+](=O)[O-])c1)N1CC[C@@H]2CCCC[C@@H]2C1. The van der Waals surface area contributed by atoms with Crippen LogP contribution in [0.1, 0.15) is 42.5 Å². The largest absolute Gasteiger partial charge is 0.338 e. The van der Waals surface area contributed by atoms with Crippen molar-refractivity contribution < 1.29 is 9.72 Å². The maximum atomic E-state index is 12.9. The van der Waals surface area contributed by atoms with Crippen molar-refractivity contribution in [3.05, 3.63) is 46.5 Å². The molecule has 1 saturated carbocycles. The lowest BCUT2D eigenvalue weighted by molar-refractivity contribution is -0.384. The average Bonchev–Trinajstić information content (AvgIpc) is 3.21. The highest BCUT2D eigenvalue weighted by molar-refractivity contribution is 5.95. The Labute approximate surface area is 151 Å². The number of fused-ring (bicyclic) bond motifs is 1. The van der Waals surface area contributed by atoms with Crippen LogP contribution in [0.3, 0.4) is 0 Å². The topological polar surface area (TPSA) is 94.2 Å². The van der Waals surface area contributed by atoms with Crippen LogP contribution in [0.25, 0.3) is 5.69 Å². The number of likely N-dealkylation sites (tertiary alicyclic amines) is 1. The normalized spacial score (nSPS) is 22.7. The van der Waals surface area contributed by atoms with E-state index in [9.17, 15) is 14.9 Å². The highest BCUT2D eigenvalue weighted by atomic mass is 16.6. The first-order valence-electron chi connectivity index (χ1n) is 9.06. The molecule has 1 aliphatic carbocycles. The summed E-state index contributed by atoms with van der Waals surface area (Å²) in [4.78, 5) is 29.6. The second kappa shape index (κ2) is 6.86. The number of hydrogen-bond acceptors (Lipinski definition) is 5. The average molecular weight is 355 g/mol. The van der Waals surface area contributed by atoms with Crippen molar-refractivity contribution in [1.29, 1.82) is 0 Å². The van der Waals surface area contributed by atoms with Gasteiger partial charge in [0.15, 0.2) is 0 Å². The number of nitrogens with zero attached hydrogens (tertiary/aromatic N) is 5. The molecule has 2 aliphatic rings. The number of carbonyl (C=O) groups is 1. The Morgan fingerprint density at radius 3 is 2.73 bits per heavy atom. The molecule has 26 heavy (non-hydrogen) atoms. The second-order valence-corrected chi connectivity index (χ2v) is 7.15. The molecular weight excluding hydrogens is 334 g/mol. The zero-order valence-electron chi connectivity index (χ0n) is 14.5. The zero-order chi connectivity index (χ0) is 18.1. The van der Waals surface area contributed by atoms with Crippen LogP contribution in [0.2, 0.25) is 0 Å². The van der Waals surface area contributed by atoms with E-state index in [-0.39, 0.29) is 11.6 Å². The number of piperidine rings is 1. The number of benzene rings is 1. The molecule has 8 nitrogen and oxygen atoms in total. The molecule has 1 saturated heterocycles. The quantitative estimate of drug-likeness (QED) is 0.623. The van der Waals surface area contributed by atoms with Crippen LogP contribution in [-0.2, 0) is 0 Å². The van der Waals surface area contributed by atoms with E-state index in [0.29, 0.717) is 17.2 Å². The third-order valence-corrected chi connectivity index (χ3v) is 5.66. The second-order valence-electron chi connectivity index (χ2n) is 7.15. The molecule has 0 spiro atoms. The number of nitro benzene ring substituents is 1. The molecule has 8 heteroatoms. The fraction of sp³-hybridized carbons (Fsp3) is 0.500. The van der Waals surface area contributed by atoms with E-state index in [1.807, 2.05) is 4.90 Å². The van der Waals surface area contributed by atoms with Gasteiger partial charge in [-0.1, -0.05) is 19.3 Å². The Hall–Kier alpha value is -2.77. The maximum absolute atomic E-state index is 12.9. The predicted octanol–water partition coefficient (Wildman–Crippen LogP) is 2.83. The Morgan fingerprint density at radius 2 is 2.00 bits per heavy atom. The fourth-order valence-electron chi connectivity index (χ4n) is 4.30. The van der Waals surface area contributed by atoms with Crippen molar-refractivity contribution in [2.45, 2.75) is 32.1 Å². The highest BCUT2D eigenvalue weighted by Crippen LogP contribution is 2.36. The number of rotatable bonds is 3. The van der Waals surface area contributed by atoms with Crippen LogP contribution in [0.15, 0.2) is 30.9 Å². The molecule has 0 radical (unpaired) electrons. The molecule has 136 valence electrons. The van der Waals surface area contributed by atoms with Crippen molar-refractivity contribution in [2.75, 3.05) is 13.1 Å². The van der Waals surface area contributed by atoms with Crippen molar-refractivity contribution in [3.8, 4) is 5.69 Å². The van der Waals surface area contributed by atoms with Gasteiger partial charge >= 0.3 is 0 Å². The minimum atomic E-state index is -0.485. The van der Waals surface area contributed by atoms with Gasteiger partial charge in [0, 0.05) is 24.7 Å². The van der Waals surface area contributed by atoms with Gasteiger partial charge in [0.05, 0.1) is 4.92 Å². The van der Waals surface area contributed by atoms with E-state index >= 15 is 0 Å².